The monoisotopic (exact) mass is 307 g/mol. The van der Waals surface area contributed by atoms with E-state index in [4.69, 9.17) is 11.6 Å². The summed E-state index contributed by atoms with van der Waals surface area (Å²) in [7, 11) is 2.11. The first kappa shape index (κ1) is 13.2. The molecule has 1 aromatic rings. The number of hydrogen-bond donors (Lipinski definition) is 0. The van der Waals surface area contributed by atoms with Gasteiger partial charge in [-0.05, 0) is 24.0 Å². The fraction of sp³-hybridized carbons (Fsp3) is 0.455. The van der Waals surface area contributed by atoms with Gasteiger partial charge in [0.25, 0.3) is 0 Å². The highest BCUT2D eigenvalue weighted by Gasteiger charge is 2.04. The Labute approximate surface area is 109 Å². The van der Waals surface area contributed by atoms with Gasteiger partial charge in [-0.2, -0.15) is 11.8 Å². The molecule has 0 saturated heterocycles. The Morgan fingerprint density at radius 2 is 2.20 bits per heavy atom. The molecule has 0 aliphatic heterocycles. The Hall–Kier alpha value is 0.140. The van der Waals surface area contributed by atoms with Gasteiger partial charge < -0.3 is 4.90 Å². The maximum absolute atomic E-state index is 5.80. The molecular weight excluding hydrogens is 294 g/mol. The average Bonchev–Trinajstić information content (AvgIpc) is 2.25. The summed E-state index contributed by atoms with van der Waals surface area (Å²) in [6, 6.07) is 6.31. The van der Waals surface area contributed by atoms with Crippen LogP contribution < -0.4 is 4.90 Å². The van der Waals surface area contributed by atoms with Crippen molar-refractivity contribution in [2.75, 3.05) is 30.5 Å². The van der Waals surface area contributed by atoms with Crippen LogP contribution in [0.5, 0.6) is 0 Å². The standard InChI is InChI=1S/C11H15BrClNS/c1-14(5-6-15-2)10-4-3-9(8-13)11(12)7-10/h3-4,7H,5-6,8H2,1-2H3. The van der Waals surface area contributed by atoms with Crippen molar-refractivity contribution < 1.29 is 0 Å². The summed E-state index contributed by atoms with van der Waals surface area (Å²) in [6.07, 6.45) is 2.13. The number of halogens is 2. The lowest BCUT2D eigenvalue weighted by Gasteiger charge is -2.19. The molecule has 0 aliphatic carbocycles. The first-order valence-corrected chi connectivity index (χ1v) is 7.45. The molecule has 0 radical (unpaired) electrons. The van der Waals surface area contributed by atoms with Gasteiger partial charge in [0.1, 0.15) is 0 Å². The predicted molar refractivity (Wildman–Crippen MR) is 75.4 cm³/mol. The Morgan fingerprint density at radius 1 is 1.47 bits per heavy atom. The van der Waals surface area contributed by atoms with Gasteiger partial charge >= 0.3 is 0 Å². The van der Waals surface area contributed by atoms with E-state index in [0.717, 1.165) is 22.3 Å². The number of benzene rings is 1. The molecule has 0 spiro atoms. The molecule has 0 amide bonds. The minimum Gasteiger partial charge on any atom is -0.374 e. The van der Waals surface area contributed by atoms with Crippen LogP contribution in [0.1, 0.15) is 5.56 Å². The highest BCUT2D eigenvalue weighted by molar-refractivity contribution is 9.10. The maximum atomic E-state index is 5.80. The average molecular weight is 309 g/mol. The van der Waals surface area contributed by atoms with Crippen molar-refractivity contribution in [3.8, 4) is 0 Å². The lowest BCUT2D eigenvalue weighted by Crippen LogP contribution is -2.20. The second kappa shape index (κ2) is 6.66. The highest BCUT2D eigenvalue weighted by Crippen LogP contribution is 2.24. The van der Waals surface area contributed by atoms with Gasteiger partial charge in [-0.15, -0.1) is 11.6 Å². The zero-order valence-electron chi connectivity index (χ0n) is 8.96. The van der Waals surface area contributed by atoms with E-state index in [-0.39, 0.29) is 0 Å². The summed E-state index contributed by atoms with van der Waals surface area (Å²) in [4.78, 5) is 2.25. The minimum absolute atomic E-state index is 0.551. The molecule has 0 aliphatic rings. The van der Waals surface area contributed by atoms with Crippen LogP contribution in [0.2, 0.25) is 0 Å². The molecule has 4 heteroatoms. The van der Waals surface area contributed by atoms with Crippen molar-refractivity contribution in [2.24, 2.45) is 0 Å². The lowest BCUT2D eigenvalue weighted by atomic mass is 10.2. The van der Waals surface area contributed by atoms with Crippen molar-refractivity contribution in [1.82, 2.24) is 0 Å². The molecule has 0 N–H and O–H groups in total. The third-order valence-corrected chi connectivity index (χ3v) is 3.87. The molecule has 0 aromatic heterocycles. The van der Waals surface area contributed by atoms with E-state index >= 15 is 0 Å². The summed E-state index contributed by atoms with van der Waals surface area (Å²) in [5, 5.41) is 0. The normalized spacial score (nSPS) is 10.4. The number of rotatable bonds is 5. The van der Waals surface area contributed by atoms with Crippen molar-refractivity contribution >= 4 is 45.0 Å². The van der Waals surface area contributed by atoms with Gasteiger partial charge in [-0.1, -0.05) is 22.0 Å². The van der Waals surface area contributed by atoms with Crippen LogP contribution >= 0.6 is 39.3 Å². The van der Waals surface area contributed by atoms with Crippen LogP contribution in [0.4, 0.5) is 5.69 Å². The Bertz CT molecular complexity index is 319. The maximum Gasteiger partial charge on any atom is 0.0485 e. The number of hydrogen-bond acceptors (Lipinski definition) is 2. The topological polar surface area (TPSA) is 3.24 Å². The molecule has 15 heavy (non-hydrogen) atoms. The second-order valence-corrected chi connectivity index (χ2v) is 5.43. The van der Waals surface area contributed by atoms with Crippen molar-refractivity contribution in [2.45, 2.75) is 5.88 Å². The summed E-state index contributed by atoms with van der Waals surface area (Å²) in [5.74, 6) is 1.70. The Morgan fingerprint density at radius 3 is 2.73 bits per heavy atom. The third kappa shape index (κ3) is 3.89. The summed E-state index contributed by atoms with van der Waals surface area (Å²) in [5.41, 5.74) is 2.36. The fourth-order valence-corrected chi connectivity index (χ4v) is 2.60. The molecule has 0 fully saturated rings. The molecular formula is C11H15BrClNS. The van der Waals surface area contributed by atoms with E-state index in [9.17, 15) is 0 Å². The first-order valence-electron chi connectivity index (χ1n) is 4.73. The van der Waals surface area contributed by atoms with Crippen LogP contribution in [-0.4, -0.2) is 25.6 Å². The van der Waals surface area contributed by atoms with E-state index in [1.54, 1.807) is 0 Å². The van der Waals surface area contributed by atoms with Crippen LogP contribution in [-0.2, 0) is 5.88 Å². The minimum atomic E-state index is 0.551. The van der Waals surface area contributed by atoms with Gasteiger partial charge in [-0.3, -0.25) is 0 Å². The van der Waals surface area contributed by atoms with Gasteiger partial charge in [0, 0.05) is 35.4 Å². The number of thioether (sulfide) groups is 1. The zero-order chi connectivity index (χ0) is 11.3. The quantitative estimate of drug-likeness (QED) is 0.757. The third-order valence-electron chi connectivity index (χ3n) is 2.25. The number of anilines is 1. The van der Waals surface area contributed by atoms with E-state index in [2.05, 4.69) is 52.3 Å². The van der Waals surface area contributed by atoms with Crippen LogP contribution in [0.25, 0.3) is 0 Å². The summed E-state index contributed by atoms with van der Waals surface area (Å²) in [6.45, 7) is 1.06. The summed E-state index contributed by atoms with van der Waals surface area (Å²) < 4.78 is 1.09. The first-order chi connectivity index (χ1) is 7.19. The fourth-order valence-electron chi connectivity index (χ4n) is 1.24. The molecule has 0 bridgehead atoms. The van der Waals surface area contributed by atoms with Crippen molar-refractivity contribution in [3.63, 3.8) is 0 Å². The molecule has 1 nitrogen and oxygen atoms in total. The molecule has 1 rings (SSSR count). The molecule has 0 saturated carbocycles. The SMILES string of the molecule is CSCCN(C)c1ccc(CCl)c(Br)c1. The molecule has 0 atom stereocenters. The van der Waals surface area contributed by atoms with E-state index in [0.29, 0.717) is 5.88 Å². The second-order valence-electron chi connectivity index (χ2n) is 3.32. The van der Waals surface area contributed by atoms with E-state index in [1.165, 1.54) is 5.69 Å². The molecule has 84 valence electrons. The lowest BCUT2D eigenvalue weighted by molar-refractivity contribution is 0.976. The largest absolute Gasteiger partial charge is 0.374 e. The van der Waals surface area contributed by atoms with Gasteiger partial charge in [-0.25, -0.2) is 0 Å². The van der Waals surface area contributed by atoms with Gasteiger partial charge in [0.2, 0.25) is 0 Å². The van der Waals surface area contributed by atoms with Gasteiger partial charge in [0.15, 0.2) is 0 Å². The van der Waals surface area contributed by atoms with Crippen LogP contribution in [0.15, 0.2) is 22.7 Å². The molecule has 1 aromatic carbocycles. The Balaban J connectivity index is 2.73. The van der Waals surface area contributed by atoms with Crippen molar-refractivity contribution in [1.29, 1.82) is 0 Å². The van der Waals surface area contributed by atoms with E-state index in [1.807, 2.05) is 11.8 Å². The molecule has 0 heterocycles. The van der Waals surface area contributed by atoms with Crippen molar-refractivity contribution in [3.05, 3.63) is 28.2 Å². The van der Waals surface area contributed by atoms with Crippen LogP contribution in [0, 0.1) is 0 Å². The number of nitrogens with zero attached hydrogens (tertiary/aromatic N) is 1. The highest BCUT2D eigenvalue weighted by atomic mass is 79.9. The zero-order valence-corrected chi connectivity index (χ0v) is 12.1. The summed E-state index contributed by atoms with van der Waals surface area (Å²) >= 11 is 11.2. The smallest absolute Gasteiger partial charge is 0.0485 e. The Kier molecular flexibility index (Phi) is 5.87. The van der Waals surface area contributed by atoms with E-state index < -0.39 is 0 Å². The van der Waals surface area contributed by atoms with Gasteiger partial charge in [0.05, 0.1) is 0 Å². The predicted octanol–water partition coefficient (Wildman–Crippen LogP) is 3.99. The number of alkyl halides is 1. The van der Waals surface area contributed by atoms with Crippen LogP contribution in [0.3, 0.4) is 0 Å². The molecule has 0 unspecified atom stereocenters.